The van der Waals surface area contributed by atoms with Crippen LogP contribution < -0.4 is 5.32 Å². The Kier molecular flexibility index (Phi) is 45.5. The number of carbonyl (C=O) groups excluding carboxylic acids is 1. The topological polar surface area (TPSA) is 89.8 Å². The van der Waals surface area contributed by atoms with E-state index in [9.17, 15) is 20.1 Å². The fourth-order valence-corrected chi connectivity index (χ4v) is 8.29. The average Bonchev–Trinajstić information content (AvgIpc) is 3.18. The van der Waals surface area contributed by atoms with Crippen LogP contribution in [-0.2, 0) is 4.79 Å². The highest BCUT2D eigenvalue weighted by atomic mass is 16.3. The van der Waals surface area contributed by atoms with Crippen molar-refractivity contribution < 1.29 is 20.1 Å². The lowest BCUT2D eigenvalue weighted by atomic mass is 10.0. The van der Waals surface area contributed by atoms with Crippen molar-refractivity contribution in [3.8, 4) is 0 Å². The number of hydrogen-bond donors (Lipinski definition) is 4. The molecule has 0 saturated carbocycles. The van der Waals surface area contributed by atoms with Gasteiger partial charge in [-0.25, -0.2) is 0 Å². The maximum absolute atomic E-state index is 12.4. The number of unbranched alkanes of at least 4 members (excludes halogenated alkanes) is 38. The molecular weight excluding hydrogens is 679 g/mol. The van der Waals surface area contributed by atoms with Crippen molar-refractivity contribution in [2.75, 3.05) is 6.61 Å². The number of nitrogens with one attached hydrogen (secondary N) is 1. The standard InChI is InChI=1S/C50H101NO4/c1-3-5-7-9-11-13-15-16-17-18-19-20-21-22-23-24-25-26-27-28-29-30-31-32-33-34-35-37-39-41-43-47(53)45-50(55)51-48(46-52)49(54)44-42-40-38-36-14-12-10-8-6-4-2/h47-49,52-54H,3-46H2,1-2H3,(H,51,55). The lowest BCUT2D eigenvalue weighted by Gasteiger charge is -2.23. The van der Waals surface area contributed by atoms with E-state index in [4.69, 9.17) is 0 Å². The van der Waals surface area contributed by atoms with Crippen LogP contribution in [0.5, 0.6) is 0 Å². The molecule has 0 spiro atoms. The number of aliphatic hydroxyl groups excluding tert-OH is 3. The molecule has 0 aromatic rings. The molecule has 3 unspecified atom stereocenters. The molecule has 4 N–H and O–H groups in total. The Hall–Kier alpha value is -0.650. The molecule has 3 atom stereocenters. The molecule has 0 aliphatic heterocycles. The SMILES string of the molecule is CCCCCCCCCCCCCCCCCCCCCCCCCCCCCCCCC(O)CC(=O)NC(CO)C(O)CCCCCCCCCCCC. The van der Waals surface area contributed by atoms with Crippen LogP contribution in [0.1, 0.15) is 290 Å². The summed E-state index contributed by atoms with van der Waals surface area (Å²) in [7, 11) is 0. The van der Waals surface area contributed by atoms with Gasteiger partial charge in [-0.1, -0.05) is 271 Å². The first-order valence-corrected chi connectivity index (χ1v) is 25.3. The number of amides is 1. The molecule has 0 aliphatic carbocycles. The molecule has 0 bridgehead atoms. The minimum atomic E-state index is -0.742. The van der Waals surface area contributed by atoms with Crippen LogP contribution in [0.2, 0.25) is 0 Å². The number of aliphatic hydroxyl groups is 3. The van der Waals surface area contributed by atoms with E-state index in [2.05, 4.69) is 19.2 Å². The van der Waals surface area contributed by atoms with Gasteiger partial charge in [0.05, 0.1) is 31.3 Å². The molecule has 5 heteroatoms. The molecule has 0 saturated heterocycles. The number of carbonyl (C=O) groups is 1. The van der Waals surface area contributed by atoms with Crippen molar-refractivity contribution in [1.82, 2.24) is 5.32 Å². The van der Waals surface area contributed by atoms with Crippen LogP contribution in [0.15, 0.2) is 0 Å². The summed E-state index contributed by atoms with van der Waals surface area (Å²) >= 11 is 0. The van der Waals surface area contributed by atoms with Crippen molar-refractivity contribution in [3.63, 3.8) is 0 Å². The summed E-state index contributed by atoms with van der Waals surface area (Å²) < 4.78 is 0. The molecule has 0 fully saturated rings. The first-order chi connectivity index (χ1) is 27.0. The quantitative estimate of drug-likeness (QED) is 0.0463. The van der Waals surface area contributed by atoms with E-state index in [0.717, 1.165) is 25.7 Å². The summed E-state index contributed by atoms with van der Waals surface area (Å²) in [4.78, 5) is 12.4. The van der Waals surface area contributed by atoms with Crippen molar-refractivity contribution in [1.29, 1.82) is 0 Å². The Bertz CT molecular complexity index is 733. The van der Waals surface area contributed by atoms with Gasteiger partial charge in [0, 0.05) is 0 Å². The van der Waals surface area contributed by atoms with Gasteiger partial charge in [0.15, 0.2) is 0 Å². The molecule has 1 amide bonds. The molecule has 330 valence electrons. The predicted molar refractivity (Wildman–Crippen MR) is 241 cm³/mol. The van der Waals surface area contributed by atoms with Gasteiger partial charge in [-0.3, -0.25) is 4.79 Å². The van der Waals surface area contributed by atoms with E-state index in [-0.39, 0.29) is 18.9 Å². The third kappa shape index (κ3) is 42.8. The maximum Gasteiger partial charge on any atom is 0.222 e. The predicted octanol–water partition coefficient (Wildman–Crippen LogP) is 15.0. The summed E-state index contributed by atoms with van der Waals surface area (Å²) in [6.45, 7) is 4.27. The smallest absolute Gasteiger partial charge is 0.222 e. The third-order valence-corrected chi connectivity index (χ3v) is 12.2. The fraction of sp³-hybridized carbons (Fsp3) is 0.980. The third-order valence-electron chi connectivity index (χ3n) is 12.2. The molecule has 55 heavy (non-hydrogen) atoms. The van der Waals surface area contributed by atoms with Crippen LogP contribution in [0.3, 0.4) is 0 Å². The average molecular weight is 780 g/mol. The van der Waals surface area contributed by atoms with Crippen molar-refractivity contribution in [3.05, 3.63) is 0 Å². The molecule has 0 heterocycles. The highest BCUT2D eigenvalue weighted by Gasteiger charge is 2.21. The van der Waals surface area contributed by atoms with E-state index in [1.165, 1.54) is 231 Å². The highest BCUT2D eigenvalue weighted by Crippen LogP contribution is 2.18. The van der Waals surface area contributed by atoms with Crippen LogP contribution in [0.4, 0.5) is 0 Å². The van der Waals surface area contributed by atoms with Crippen molar-refractivity contribution >= 4 is 5.91 Å². The van der Waals surface area contributed by atoms with Crippen molar-refractivity contribution in [2.45, 2.75) is 308 Å². The minimum Gasteiger partial charge on any atom is -0.394 e. The van der Waals surface area contributed by atoms with Crippen molar-refractivity contribution in [2.24, 2.45) is 0 Å². The largest absolute Gasteiger partial charge is 0.394 e. The first kappa shape index (κ1) is 54.3. The number of rotatable bonds is 47. The second-order valence-corrected chi connectivity index (χ2v) is 17.8. The van der Waals surface area contributed by atoms with Crippen LogP contribution in [0.25, 0.3) is 0 Å². The molecule has 0 aromatic carbocycles. The van der Waals surface area contributed by atoms with E-state index in [1.807, 2.05) is 0 Å². The van der Waals surface area contributed by atoms with Crippen LogP contribution in [0, 0.1) is 0 Å². The van der Waals surface area contributed by atoms with Gasteiger partial charge in [-0.05, 0) is 12.8 Å². The van der Waals surface area contributed by atoms with E-state index in [0.29, 0.717) is 12.8 Å². The fourth-order valence-electron chi connectivity index (χ4n) is 8.29. The Morgan fingerprint density at radius 3 is 0.873 bits per heavy atom. The summed E-state index contributed by atoms with van der Waals surface area (Å²) in [5.74, 6) is -0.278. The molecule has 0 aliphatic rings. The zero-order valence-corrected chi connectivity index (χ0v) is 37.6. The van der Waals surface area contributed by atoms with Gasteiger partial charge in [-0.15, -0.1) is 0 Å². The monoisotopic (exact) mass is 780 g/mol. The summed E-state index contributed by atoms with van der Waals surface area (Å²) in [6.07, 6.45) is 54.0. The summed E-state index contributed by atoms with van der Waals surface area (Å²) in [5, 5.41) is 33.4. The lowest BCUT2D eigenvalue weighted by molar-refractivity contribution is -0.125. The normalized spacial score (nSPS) is 13.3. The molecule has 5 nitrogen and oxygen atoms in total. The van der Waals surface area contributed by atoms with Gasteiger partial charge >= 0.3 is 0 Å². The zero-order valence-electron chi connectivity index (χ0n) is 37.6. The Morgan fingerprint density at radius 1 is 0.382 bits per heavy atom. The maximum atomic E-state index is 12.4. The molecule has 0 rings (SSSR count). The summed E-state index contributed by atoms with van der Waals surface area (Å²) in [6, 6.07) is -0.651. The second-order valence-electron chi connectivity index (χ2n) is 17.8. The van der Waals surface area contributed by atoms with Crippen LogP contribution in [-0.4, -0.2) is 46.1 Å². The van der Waals surface area contributed by atoms with E-state index >= 15 is 0 Å². The second kappa shape index (κ2) is 46.0. The van der Waals surface area contributed by atoms with Gasteiger partial charge in [-0.2, -0.15) is 0 Å². The lowest BCUT2D eigenvalue weighted by Crippen LogP contribution is -2.46. The molecule has 0 aromatic heterocycles. The van der Waals surface area contributed by atoms with E-state index < -0.39 is 18.2 Å². The van der Waals surface area contributed by atoms with Gasteiger partial charge < -0.3 is 20.6 Å². The molecular formula is C50H101NO4. The molecule has 0 radical (unpaired) electrons. The van der Waals surface area contributed by atoms with Crippen LogP contribution >= 0.6 is 0 Å². The first-order valence-electron chi connectivity index (χ1n) is 25.3. The Balaban J connectivity index is 3.42. The van der Waals surface area contributed by atoms with E-state index in [1.54, 1.807) is 0 Å². The van der Waals surface area contributed by atoms with Gasteiger partial charge in [0.1, 0.15) is 0 Å². The zero-order chi connectivity index (χ0) is 40.1. The Labute approximate surface area is 345 Å². The summed E-state index contributed by atoms with van der Waals surface area (Å²) in [5.41, 5.74) is 0. The highest BCUT2D eigenvalue weighted by molar-refractivity contribution is 5.76. The number of hydrogen-bond acceptors (Lipinski definition) is 4. The Morgan fingerprint density at radius 2 is 0.618 bits per heavy atom. The van der Waals surface area contributed by atoms with Gasteiger partial charge in [0.2, 0.25) is 5.91 Å². The van der Waals surface area contributed by atoms with Gasteiger partial charge in [0.25, 0.3) is 0 Å². The minimum absolute atomic E-state index is 0.0427.